The molecule has 1 aliphatic rings. The van der Waals surface area contributed by atoms with Crippen LogP contribution in [0.5, 0.6) is 0 Å². The van der Waals surface area contributed by atoms with E-state index < -0.39 is 11.1 Å². The van der Waals surface area contributed by atoms with Crippen molar-refractivity contribution in [3.05, 3.63) is 41.7 Å². The fourth-order valence-corrected chi connectivity index (χ4v) is 2.89. The molecule has 4 nitrogen and oxygen atoms in total. The number of fused-ring (bicyclic) bond motifs is 1. The molecule has 0 fully saturated rings. The highest BCUT2D eigenvalue weighted by Gasteiger charge is 2.52. The van der Waals surface area contributed by atoms with Crippen molar-refractivity contribution < 1.29 is 5.21 Å². The summed E-state index contributed by atoms with van der Waals surface area (Å²) in [6, 6.07) is 9.98. The molecule has 1 aliphatic heterocycles. The molecule has 3 rings (SSSR count). The maximum absolute atomic E-state index is 12.4. The van der Waals surface area contributed by atoms with Crippen LogP contribution in [0.1, 0.15) is 39.1 Å². The van der Waals surface area contributed by atoms with Crippen molar-refractivity contribution in [1.29, 1.82) is 0 Å². The van der Waals surface area contributed by atoms with Gasteiger partial charge in [0.1, 0.15) is 5.82 Å². The Hall–Kier alpha value is -1.65. The molecule has 1 radical (unpaired) electrons. The fourth-order valence-electron chi connectivity index (χ4n) is 2.89. The number of nitrogens with zero attached hydrogens (tertiary/aromatic N) is 2. The number of hydrogen-bond acceptors (Lipinski definition) is 2. The van der Waals surface area contributed by atoms with Gasteiger partial charge < -0.3 is 4.98 Å². The van der Waals surface area contributed by atoms with Crippen molar-refractivity contribution in [2.75, 3.05) is 0 Å². The van der Waals surface area contributed by atoms with Crippen LogP contribution in [-0.4, -0.2) is 15.0 Å². The summed E-state index contributed by atoms with van der Waals surface area (Å²) in [6.45, 7) is 7.70. The molecule has 0 saturated heterocycles. The molecule has 19 heavy (non-hydrogen) atoms. The number of benzene rings is 1. The maximum atomic E-state index is 12.4. The quantitative estimate of drug-likeness (QED) is 0.851. The molecular formula is C15H18N3O. The van der Waals surface area contributed by atoms with Gasteiger partial charge in [0, 0.05) is 5.56 Å². The molecule has 2 aromatic rings. The Morgan fingerprint density at radius 2 is 1.68 bits per heavy atom. The minimum absolute atomic E-state index is 0.571. The van der Waals surface area contributed by atoms with Gasteiger partial charge in [0.05, 0.1) is 22.5 Å². The average molecular weight is 256 g/mol. The lowest BCUT2D eigenvalue weighted by Gasteiger charge is -2.32. The van der Waals surface area contributed by atoms with E-state index >= 15 is 0 Å². The van der Waals surface area contributed by atoms with E-state index in [-0.39, 0.29) is 0 Å². The molecular weight excluding hydrogens is 238 g/mol. The maximum Gasteiger partial charge on any atom is 0.137 e. The number of nitrogens with one attached hydrogen (secondary N) is 1. The molecule has 0 spiro atoms. The molecule has 1 aromatic carbocycles. The molecule has 2 heterocycles. The van der Waals surface area contributed by atoms with Crippen LogP contribution in [0, 0.1) is 0 Å². The number of aromatic nitrogens is 2. The zero-order chi connectivity index (χ0) is 13.8. The summed E-state index contributed by atoms with van der Waals surface area (Å²) in [5.74, 6) is 0.833. The van der Waals surface area contributed by atoms with Crippen molar-refractivity contribution in [2.45, 2.75) is 38.8 Å². The predicted octanol–water partition coefficient (Wildman–Crippen LogP) is 3.21. The minimum Gasteiger partial charge on any atom is -0.340 e. The fraction of sp³-hybridized carbons (Fsp3) is 0.400. The topological polar surface area (TPSA) is 51.8 Å². The first-order chi connectivity index (χ1) is 8.85. The van der Waals surface area contributed by atoms with Crippen LogP contribution in [0.2, 0.25) is 0 Å². The van der Waals surface area contributed by atoms with Gasteiger partial charge in [-0.2, -0.15) is 0 Å². The third kappa shape index (κ3) is 1.57. The summed E-state index contributed by atoms with van der Waals surface area (Å²) >= 11 is 0. The van der Waals surface area contributed by atoms with Gasteiger partial charge in [-0.1, -0.05) is 30.3 Å². The standard InChI is InChI=1S/C15H18N3O/c1-14(2)11-12(15(3,4)18(14)19)17-13(16-11)10-8-6-5-7-9-10/h5-9H,1-4H3,(H,16,17). The smallest absolute Gasteiger partial charge is 0.137 e. The first kappa shape index (κ1) is 12.4. The average Bonchev–Trinajstić information content (AvgIpc) is 2.89. The lowest BCUT2D eigenvalue weighted by molar-refractivity contribution is -0.267. The number of imidazole rings is 1. The highest BCUT2D eigenvalue weighted by atomic mass is 16.5. The van der Waals surface area contributed by atoms with Crippen LogP contribution in [0.4, 0.5) is 0 Å². The summed E-state index contributed by atoms with van der Waals surface area (Å²) in [7, 11) is 0. The highest BCUT2D eigenvalue weighted by Crippen LogP contribution is 2.47. The second-order valence-corrected chi connectivity index (χ2v) is 6.09. The van der Waals surface area contributed by atoms with E-state index in [1.165, 1.54) is 0 Å². The van der Waals surface area contributed by atoms with Gasteiger partial charge in [-0.3, -0.25) is 0 Å². The molecule has 99 valence electrons. The second-order valence-electron chi connectivity index (χ2n) is 6.09. The van der Waals surface area contributed by atoms with Crippen LogP contribution >= 0.6 is 0 Å². The van der Waals surface area contributed by atoms with E-state index in [9.17, 15) is 5.21 Å². The Morgan fingerprint density at radius 3 is 2.26 bits per heavy atom. The van der Waals surface area contributed by atoms with E-state index in [0.717, 1.165) is 27.8 Å². The van der Waals surface area contributed by atoms with Crippen molar-refractivity contribution in [3.63, 3.8) is 0 Å². The van der Waals surface area contributed by atoms with Gasteiger partial charge in [0.2, 0.25) is 0 Å². The first-order valence-corrected chi connectivity index (χ1v) is 6.49. The van der Waals surface area contributed by atoms with Gasteiger partial charge in [-0.15, -0.1) is 10.3 Å². The van der Waals surface area contributed by atoms with Crippen molar-refractivity contribution in [3.8, 4) is 11.4 Å². The van der Waals surface area contributed by atoms with E-state index in [1.54, 1.807) is 0 Å². The Kier molecular flexibility index (Phi) is 2.40. The second kappa shape index (κ2) is 3.68. The molecule has 0 saturated carbocycles. The molecule has 0 bridgehead atoms. The van der Waals surface area contributed by atoms with E-state index in [2.05, 4.69) is 9.97 Å². The number of H-pyrrole nitrogens is 1. The SMILES string of the molecule is CC1(C)c2nc(-c3ccccc3)[nH]c2C(C)(C)N1[O]. The van der Waals surface area contributed by atoms with Gasteiger partial charge in [0.15, 0.2) is 0 Å². The third-order valence-corrected chi connectivity index (χ3v) is 3.96. The zero-order valence-corrected chi connectivity index (χ0v) is 11.7. The molecule has 1 N–H and O–H groups in total. The van der Waals surface area contributed by atoms with Crippen LogP contribution < -0.4 is 0 Å². The van der Waals surface area contributed by atoms with Crippen LogP contribution in [0.25, 0.3) is 11.4 Å². The molecule has 0 aliphatic carbocycles. The normalized spacial score (nSPS) is 20.5. The number of hydroxylamine groups is 2. The summed E-state index contributed by atoms with van der Waals surface area (Å²) in [4.78, 5) is 8.00. The molecule has 0 atom stereocenters. The summed E-state index contributed by atoms with van der Waals surface area (Å²) < 4.78 is 0. The number of aromatic amines is 1. The highest BCUT2D eigenvalue weighted by molar-refractivity contribution is 5.57. The Morgan fingerprint density at radius 1 is 1.05 bits per heavy atom. The van der Waals surface area contributed by atoms with Crippen molar-refractivity contribution in [2.24, 2.45) is 0 Å². The minimum atomic E-state index is -0.595. The lowest BCUT2D eigenvalue weighted by atomic mass is 10.0. The summed E-state index contributed by atoms with van der Waals surface area (Å²) in [5.41, 5.74) is 1.65. The van der Waals surface area contributed by atoms with Gasteiger partial charge in [-0.25, -0.2) is 4.98 Å². The first-order valence-electron chi connectivity index (χ1n) is 6.49. The van der Waals surface area contributed by atoms with Crippen LogP contribution in [0.15, 0.2) is 30.3 Å². The van der Waals surface area contributed by atoms with E-state index in [0.29, 0.717) is 0 Å². The largest absolute Gasteiger partial charge is 0.340 e. The van der Waals surface area contributed by atoms with Crippen molar-refractivity contribution >= 4 is 0 Å². The Labute approximate surface area is 113 Å². The zero-order valence-electron chi connectivity index (χ0n) is 11.7. The summed E-state index contributed by atoms with van der Waals surface area (Å²) in [5, 5.41) is 13.5. The van der Waals surface area contributed by atoms with Crippen LogP contribution in [-0.2, 0) is 16.3 Å². The van der Waals surface area contributed by atoms with E-state index in [4.69, 9.17) is 0 Å². The Balaban J connectivity index is 2.16. The number of hydrogen-bond donors (Lipinski definition) is 1. The lowest BCUT2D eigenvalue weighted by Crippen LogP contribution is -2.42. The third-order valence-electron chi connectivity index (χ3n) is 3.96. The molecule has 1 aromatic heterocycles. The summed E-state index contributed by atoms with van der Waals surface area (Å²) in [6.07, 6.45) is 0. The molecule has 4 heteroatoms. The number of rotatable bonds is 1. The Bertz CT molecular complexity index is 580. The van der Waals surface area contributed by atoms with Crippen molar-refractivity contribution in [1.82, 2.24) is 15.0 Å². The van der Waals surface area contributed by atoms with Gasteiger partial charge in [0.25, 0.3) is 0 Å². The van der Waals surface area contributed by atoms with E-state index in [1.807, 2.05) is 58.0 Å². The van der Waals surface area contributed by atoms with Crippen LogP contribution in [0.3, 0.4) is 0 Å². The van der Waals surface area contributed by atoms with Gasteiger partial charge in [-0.05, 0) is 27.7 Å². The monoisotopic (exact) mass is 256 g/mol. The molecule has 0 amide bonds. The predicted molar refractivity (Wildman–Crippen MR) is 72.6 cm³/mol. The van der Waals surface area contributed by atoms with Gasteiger partial charge >= 0.3 is 0 Å². The molecule has 0 unspecified atom stereocenters.